The van der Waals surface area contributed by atoms with Gasteiger partial charge < -0.3 is 24.5 Å². The van der Waals surface area contributed by atoms with E-state index in [4.69, 9.17) is 19.9 Å². The zero-order chi connectivity index (χ0) is 22.1. The van der Waals surface area contributed by atoms with E-state index in [9.17, 15) is 9.59 Å². The van der Waals surface area contributed by atoms with Crippen LogP contribution in [-0.2, 0) is 16.1 Å². The van der Waals surface area contributed by atoms with Crippen LogP contribution in [0.1, 0.15) is 11.1 Å². The summed E-state index contributed by atoms with van der Waals surface area (Å²) in [5, 5.41) is 3.29. The molecule has 0 saturated heterocycles. The lowest BCUT2D eigenvalue weighted by Crippen LogP contribution is -2.22. The molecule has 31 heavy (non-hydrogen) atoms. The number of imide groups is 1. The lowest BCUT2D eigenvalue weighted by Gasteiger charge is -2.14. The van der Waals surface area contributed by atoms with Crippen molar-refractivity contribution in [2.24, 2.45) is 5.73 Å². The van der Waals surface area contributed by atoms with Gasteiger partial charge in [0.2, 0.25) is 5.75 Å². The number of para-hydroxylation sites is 1. The molecule has 0 saturated carbocycles. The summed E-state index contributed by atoms with van der Waals surface area (Å²) in [5.74, 6) is 0.248. The average molecular weight is 421 g/mol. The van der Waals surface area contributed by atoms with Gasteiger partial charge in [-0.1, -0.05) is 18.2 Å². The van der Waals surface area contributed by atoms with Crippen molar-refractivity contribution in [3.8, 4) is 17.2 Å². The summed E-state index contributed by atoms with van der Waals surface area (Å²) in [6, 6.07) is 11.0. The number of carbonyl (C=O) groups excluding carboxylic acids is 2. The molecule has 0 spiro atoms. The highest BCUT2D eigenvalue weighted by atomic mass is 16.5. The van der Waals surface area contributed by atoms with Crippen molar-refractivity contribution in [3.63, 3.8) is 0 Å². The number of amides is 2. The molecule has 1 aliphatic heterocycles. The molecular formula is C23H23N3O5. The Morgan fingerprint density at radius 3 is 2.19 bits per heavy atom. The Kier molecular flexibility index (Phi) is 5.39. The predicted octanol–water partition coefficient (Wildman–Crippen LogP) is 2.19. The van der Waals surface area contributed by atoms with E-state index in [0.717, 1.165) is 10.9 Å². The second kappa shape index (κ2) is 8.16. The molecule has 2 heterocycles. The van der Waals surface area contributed by atoms with Gasteiger partial charge >= 0.3 is 0 Å². The minimum absolute atomic E-state index is 0.250. The Morgan fingerprint density at radius 1 is 0.935 bits per heavy atom. The van der Waals surface area contributed by atoms with Crippen molar-refractivity contribution in [3.05, 3.63) is 53.7 Å². The molecule has 1 aromatic heterocycles. The van der Waals surface area contributed by atoms with Crippen LogP contribution >= 0.6 is 0 Å². The molecule has 3 N–H and O–H groups in total. The number of methoxy groups -OCH3 is 3. The van der Waals surface area contributed by atoms with Crippen LogP contribution in [0.2, 0.25) is 0 Å². The molecule has 0 fully saturated rings. The van der Waals surface area contributed by atoms with Crippen LogP contribution in [-0.4, -0.2) is 44.3 Å². The average Bonchev–Trinajstić information content (AvgIpc) is 3.28. The number of aromatic nitrogens is 1. The molecule has 4 rings (SSSR count). The van der Waals surface area contributed by atoms with Crippen molar-refractivity contribution in [2.75, 3.05) is 27.9 Å². The van der Waals surface area contributed by atoms with E-state index in [-0.39, 0.29) is 5.57 Å². The Bertz CT molecular complexity index is 1200. The van der Waals surface area contributed by atoms with Gasteiger partial charge in [0.1, 0.15) is 0 Å². The molecule has 3 aromatic rings. The van der Waals surface area contributed by atoms with Crippen LogP contribution < -0.4 is 25.3 Å². The van der Waals surface area contributed by atoms with Crippen molar-refractivity contribution < 1.29 is 23.8 Å². The highest BCUT2D eigenvalue weighted by molar-refractivity contribution is 6.50. The highest BCUT2D eigenvalue weighted by Crippen LogP contribution is 2.43. The largest absolute Gasteiger partial charge is 0.493 e. The van der Waals surface area contributed by atoms with Crippen LogP contribution in [0, 0.1) is 0 Å². The Balaban J connectivity index is 2.01. The van der Waals surface area contributed by atoms with Gasteiger partial charge in [0.25, 0.3) is 11.8 Å². The van der Waals surface area contributed by atoms with Gasteiger partial charge in [0.15, 0.2) is 11.5 Å². The number of nitrogens with two attached hydrogens (primary N) is 1. The molecule has 1 aliphatic rings. The number of ether oxygens (including phenoxy) is 3. The highest BCUT2D eigenvalue weighted by Gasteiger charge is 2.34. The maximum absolute atomic E-state index is 12.9. The first-order valence-corrected chi connectivity index (χ1v) is 9.72. The summed E-state index contributed by atoms with van der Waals surface area (Å²) in [7, 11) is 4.50. The molecular weight excluding hydrogens is 398 g/mol. The fraction of sp³-hybridized carbons (Fsp3) is 0.217. The minimum Gasteiger partial charge on any atom is -0.493 e. The van der Waals surface area contributed by atoms with Gasteiger partial charge in [-0.15, -0.1) is 0 Å². The zero-order valence-electron chi connectivity index (χ0n) is 17.5. The van der Waals surface area contributed by atoms with Gasteiger partial charge in [0.05, 0.1) is 32.5 Å². The van der Waals surface area contributed by atoms with E-state index in [0.29, 0.717) is 47.0 Å². The number of nitrogens with one attached hydrogen (secondary N) is 1. The maximum atomic E-state index is 12.9. The monoisotopic (exact) mass is 421 g/mol. The van der Waals surface area contributed by atoms with Crippen molar-refractivity contribution in [2.45, 2.75) is 6.54 Å². The fourth-order valence-corrected chi connectivity index (χ4v) is 3.98. The predicted molar refractivity (Wildman–Crippen MR) is 117 cm³/mol. The molecule has 0 aliphatic carbocycles. The number of hydrogen-bond donors (Lipinski definition) is 2. The Hall–Kier alpha value is -3.78. The molecule has 2 aromatic carbocycles. The maximum Gasteiger partial charge on any atom is 0.259 e. The molecule has 0 bridgehead atoms. The number of carbonyl (C=O) groups is 2. The lowest BCUT2D eigenvalue weighted by atomic mass is 9.95. The topological polar surface area (TPSA) is 105 Å². The standard InChI is InChI=1S/C23H23N3O5/c1-29-17-10-13(11-18(30-2)21(17)31-3)19-20(23(28)25-22(19)27)15-12-26(9-8-24)16-7-5-4-6-14(15)16/h4-7,10-12H,8-9,24H2,1-3H3,(H,25,27,28). The van der Waals surface area contributed by atoms with Crippen LogP contribution in [0.25, 0.3) is 22.0 Å². The first-order valence-electron chi connectivity index (χ1n) is 9.72. The zero-order valence-corrected chi connectivity index (χ0v) is 17.5. The first-order chi connectivity index (χ1) is 15.0. The van der Waals surface area contributed by atoms with Gasteiger partial charge in [-0.3, -0.25) is 14.9 Å². The minimum atomic E-state index is -0.482. The third-order valence-corrected chi connectivity index (χ3v) is 5.31. The number of fused-ring (bicyclic) bond motifs is 1. The Morgan fingerprint density at radius 2 is 1.58 bits per heavy atom. The first kappa shape index (κ1) is 20.5. The van der Waals surface area contributed by atoms with Crippen LogP contribution in [0.5, 0.6) is 17.2 Å². The quantitative estimate of drug-likeness (QED) is 0.567. The molecule has 0 unspecified atom stereocenters. The summed E-state index contributed by atoms with van der Waals surface area (Å²) >= 11 is 0. The van der Waals surface area contributed by atoms with E-state index in [1.807, 2.05) is 35.0 Å². The Labute approximate surface area is 179 Å². The van der Waals surface area contributed by atoms with Gasteiger partial charge in [-0.25, -0.2) is 0 Å². The van der Waals surface area contributed by atoms with Crippen LogP contribution in [0.3, 0.4) is 0 Å². The van der Waals surface area contributed by atoms with Crippen molar-refractivity contribution in [1.82, 2.24) is 9.88 Å². The second-order valence-electron chi connectivity index (χ2n) is 6.99. The van der Waals surface area contributed by atoms with Crippen LogP contribution in [0.4, 0.5) is 0 Å². The molecule has 8 nitrogen and oxygen atoms in total. The van der Waals surface area contributed by atoms with E-state index in [2.05, 4.69) is 5.32 Å². The van der Waals surface area contributed by atoms with E-state index >= 15 is 0 Å². The molecule has 2 amide bonds. The SMILES string of the molecule is COc1cc(C2=C(c3cn(CCN)c4ccccc34)C(=O)NC2=O)cc(OC)c1OC. The third kappa shape index (κ3) is 3.30. The molecule has 0 radical (unpaired) electrons. The number of benzene rings is 2. The summed E-state index contributed by atoms with van der Waals surface area (Å²) < 4.78 is 18.2. The van der Waals surface area contributed by atoms with Gasteiger partial charge in [0, 0.05) is 35.8 Å². The van der Waals surface area contributed by atoms with E-state index in [1.54, 1.807) is 12.1 Å². The summed E-state index contributed by atoms with van der Waals surface area (Å²) in [6.45, 7) is 1.03. The number of hydrogen-bond acceptors (Lipinski definition) is 6. The normalized spacial score (nSPS) is 13.7. The number of nitrogens with zero attached hydrogens (tertiary/aromatic N) is 1. The van der Waals surface area contributed by atoms with Gasteiger partial charge in [-0.05, 0) is 23.8 Å². The molecule has 0 atom stereocenters. The van der Waals surface area contributed by atoms with E-state index in [1.165, 1.54) is 21.3 Å². The summed E-state index contributed by atoms with van der Waals surface area (Å²) in [4.78, 5) is 25.8. The third-order valence-electron chi connectivity index (χ3n) is 5.31. The fourth-order valence-electron chi connectivity index (χ4n) is 3.98. The van der Waals surface area contributed by atoms with E-state index < -0.39 is 11.8 Å². The van der Waals surface area contributed by atoms with Gasteiger partial charge in [-0.2, -0.15) is 0 Å². The smallest absolute Gasteiger partial charge is 0.259 e. The lowest BCUT2D eigenvalue weighted by molar-refractivity contribution is -0.122. The molecule has 160 valence electrons. The summed E-state index contributed by atoms with van der Waals surface area (Å²) in [5.41, 5.74) is 8.40. The number of rotatable bonds is 7. The molecule has 8 heteroatoms. The van der Waals surface area contributed by atoms with Crippen molar-refractivity contribution >= 4 is 33.9 Å². The van der Waals surface area contributed by atoms with Crippen molar-refractivity contribution in [1.29, 1.82) is 0 Å². The second-order valence-corrected chi connectivity index (χ2v) is 6.99. The summed E-state index contributed by atoms with van der Waals surface area (Å²) in [6.07, 6.45) is 1.86. The van der Waals surface area contributed by atoms with Crippen LogP contribution in [0.15, 0.2) is 42.6 Å².